The Kier molecular flexibility index (Phi) is 6.47. The van der Waals surface area contributed by atoms with Crippen molar-refractivity contribution in [1.82, 2.24) is 10.2 Å². The predicted molar refractivity (Wildman–Crippen MR) is 118 cm³/mol. The Morgan fingerprint density at radius 2 is 1.50 bits per heavy atom. The molecule has 3 N–H and O–H groups in total. The number of nitrogens with one attached hydrogen (secondary N) is 1. The molecule has 0 bridgehead atoms. The Balaban J connectivity index is 1.31. The zero-order valence-electron chi connectivity index (χ0n) is 17.5. The monoisotopic (exact) mass is 433 g/mol. The third-order valence-corrected chi connectivity index (χ3v) is 5.36. The number of amides is 2. The number of halogens is 1. The first-order valence-corrected chi connectivity index (χ1v) is 10.4. The molecule has 32 heavy (non-hydrogen) atoms. The van der Waals surface area contributed by atoms with Crippen molar-refractivity contribution < 1.29 is 18.7 Å². The summed E-state index contributed by atoms with van der Waals surface area (Å²) in [6.07, 6.45) is 0.276. The first kappa shape index (κ1) is 21.5. The lowest BCUT2D eigenvalue weighted by atomic mass is 10.1. The van der Waals surface area contributed by atoms with Crippen molar-refractivity contribution in [1.29, 1.82) is 0 Å². The van der Waals surface area contributed by atoms with E-state index >= 15 is 0 Å². The molecule has 4 rings (SSSR count). The summed E-state index contributed by atoms with van der Waals surface area (Å²) >= 11 is 0. The molecule has 2 amide bonds. The zero-order valence-corrected chi connectivity index (χ0v) is 17.5. The van der Waals surface area contributed by atoms with Crippen LogP contribution in [0.2, 0.25) is 0 Å². The highest BCUT2D eigenvalue weighted by Crippen LogP contribution is 2.23. The molecule has 3 aromatic carbocycles. The molecule has 0 radical (unpaired) electrons. The highest BCUT2D eigenvalue weighted by atomic mass is 19.1. The van der Waals surface area contributed by atoms with E-state index in [9.17, 15) is 14.0 Å². The summed E-state index contributed by atoms with van der Waals surface area (Å²) in [5.74, 6) is -0.0619. The van der Waals surface area contributed by atoms with Crippen LogP contribution in [0.15, 0.2) is 72.8 Å². The highest BCUT2D eigenvalue weighted by Gasteiger charge is 2.23. The van der Waals surface area contributed by atoms with Crippen molar-refractivity contribution in [3.8, 4) is 11.5 Å². The van der Waals surface area contributed by atoms with Crippen molar-refractivity contribution in [2.45, 2.75) is 25.6 Å². The minimum Gasteiger partial charge on any atom is -0.457 e. The first-order chi connectivity index (χ1) is 15.5. The van der Waals surface area contributed by atoms with Gasteiger partial charge in [0.2, 0.25) is 11.8 Å². The van der Waals surface area contributed by atoms with Crippen LogP contribution in [0.3, 0.4) is 0 Å². The Hall–Kier alpha value is -3.71. The van der Waals surface area contributed by atoms with E-state index in [1.807, 2.05) is 17.0 Å². The van der Waals surface area contributed by atoms with E-state index in [0.29, 0.717) is 24.6 Å². The molecular weight excluding hydrogens is 409 g/mol. The van der Waals surface area contributed by atoms with Crippen LogP contribution in [-0.2, 0) is 29.1 Å². The normalized spacial score (nSPS) is 13.9. The number of carbonyl (C=O) groups excluding carboxylic acids is 2. The minimum atomic E-state index is -0.809. The molecule has 0 spiro atoms. The number of ether oxygens (including phenoxy) is 1. The van der Waals surface area contributed by atoms with Gasteiger partial charge in [-0.05, 0) is 53.1 Å². The molecule has 164 valence electrons. The molecule has 7 heteroatoms. The third-order valence-electron chi connectivity index (χ3n) is 5.36. The Morgan fingerprint density at radius 3 is 2.06 bits per heavy atom. The summed E-state index contributed by atoms with van der Waals surface area (Å²) in [6, 6.07) is 20.1. The predicted octanol–water partition coefficient (Wildman–Crippen LogP) is 3.15. The van der Waals surface area contributed by atoms with Crippen molar-refractivity contribution >= 4 is 11.8 Å². The summed E-state index contributed by atoms with van der Waals surface area (Å²) in [5.41, 5.74) is 8.79. The average molecular weight is 433 g/mol. The van der Waals surface area contributed by atoms with E-state index in [0.717, 1.165) is 5.56 Å². The van der Waals surface area contributed by atoms with Crippen LogP contribution in [-0.4, -0.2) is 29.3 Å². The molecular formula is C25H24FN3O3. The lowest BCUT2D eigenvalue weighted by molar-refractivity contribution is -0.128. The lowest BCUT2D eigenvalue weighted by Gasteiger charge is -2.19. The van der Waals surface area contributed by atoms with Crippen LogP contribution in [0, 0.1) is 5.82 Å². The van der Waals surface area contributed by atoms with Crippen molar-refractivity contribution in [3.63, 3.8) is 0 Å². The SMILES string of the molecule is NC(=O)C(Cc1ccc(Oc2ccc(F)cc2)cc1)NC(=O)CN1Cc2ccccc2C1. The van der Waals surface area contributed by atoms with Gasteiger partial charge in [0.15, 0.2) is 0 Å². The second kappa shape index (κ2) is 9.62. The van der Waals surface area contributed by atoms with Gasteiger partial charge in [-0.15, -0.1) is 0 Å². The fourth-order valence-electron chi connectivity index (χ4n) is 3.75. The zero-order chi connectivity index (χ0) is 22.5. The number of fused-ring (bicyclic) bond motifs is 1. The summed E-state index contributed by atoms with van der Waals surface area (Å²) in [4.78, 5) is 26.5. The third kappa shape index (κ3) is 5.50. The number of primary amides is 1. The molecule has 1 atom stereocenters. The molecule has 0 aromatic heterocycles. The second-order valence-electron chi connectivity index (χ2n) is 7.84. The molecule has 0 aliphatic carbocycles. The molecule has 1 aliphatic heterocycles. The number of carbonyl (C=O) groups is 2. The van der Waals surface area contributed by atoms with Crippen LogP contribution in [0.1, 0.15) is 16.7 Å². The maximum Gasteiger partial charge on any atom is 0.240 e. The van der Waals surface area contributed by atoms with Crippen molar-refractivity contribution in [3.05, 3.63) is 95.3 Å². The molecule has 3 aromatic rings. The maximum atomic E-state index is 13.0. The van der Waals surface area contributed by atoms with E-state index in [4.69, 9.17) is 10.5 Å². The topological polar surface area (TPSA) is 84.7 Å². The lowest BCUT2D eigenvalue weighted by Crippen LogP contribution is -2.48. The van der Waals surface area contributed by atoms with Gasteiger partial charge in [0.1, 0.15) is 23.4 Å². The van der Waals surface area contributed by atoms with E-state index in [-0.39, 0.29) is 24.7 Å². The minimum absolute atomic E-state index is 0.197. The molecule has 6 nitrogen and oxygen atoms in total. The van der Waals surface area contributed by atoms with E-state index in [1.54, 1.807) is 36.4 Å². The summed E-state index contributed by atoms with van der Waals surface area (Å²) < 4.78 is 18.7. The van der Waals surface area contributed by atoms with Gasteiger partial charge in [-0.25, -0.2) is 4.39 Å². The number of benzene rings is 3. The number of hydrogen-bond donors (Lipinski definition) is 2. The van der Waals surface area contributed by atoms with Crippen LogP contribution in [0.4, 0.5) is 4.39 Å². The summed E-state index contributed by atoms with van der Waals surface area (Å²) in [6.45, 7) is 1.61. The fraction of sp³-hybridized carbons (Fsp3) is 0.200. The van der Waals surface area contributed by atoms with Gasteiger partial charge < -0.3 is 15.8 Å². The van der Waals surface area contributed by atoms with E-state index in [1.165, 1.54) is 23.3 Å². The van der Waals surface area contributed by atoms with Gasteiger partial charge in [0.25, 0.3) is 0 Å². The standard InChI is InChI=1S/C25H24FN3O3/c26-20-7-11-22(12-8-20)32-21-9-5-17(6-10-21)13-23(25(27)31)28-24(30)16-29-14-18-3-1-2-4-19(18)15-29/h1-12,23H,13-16H2,(H2,27,31)(H,28,30). The van der Waals surface area contributed by atoms with E-state index < -0.39 is 11.9 Å². The average Bonchev–Trinajstić information content (AvgIpc) is 3.18. The molecule has 0 saturated carbocycles. The highest BCUT2D eigenvalue weighted by molar-refractivity contribution is 5.87. The van der Waals surface area contributed by atoms with Crippen LogP contribution >= 0.6 is 0 Å². The number of nitrogens with zero attached hydrogens (tertiary/aromatic N) is 1. The number of nitrogens with two attached hydrogens (primary N) is 1. The summed E-state index contributed by atoms with van der Waals surface area (Å²) in [7, 11) is 0. The number of rotatable bonds is 8. The van der Waals surface area contributed by atoms with Crippen LogP contribution in [0.5, 0.6) is 11.5 Å². The summed E-state index contributed by atoms with van der Waals surface area (Å²) in [5, 5.41) is 2.76. The quantitative estimate of drug-likeness (QED) is 0.572. The van der Waals surface area contributed by atoms with Gasteiger partial charge in [-0.3, -0.25) is 14.5 Å². The fourth-order valence-corrected chi connectivity index (χ4v) is 3.75. The Morgan fingerprint density at radius 1 is 0.938 bits per heavy atom. The Labute approximate surface area is 185 Å². The van der Waals surface area contributed by atoms with Crippen molar-refractivity contribution in [2.75, 3.05) is 6.54 Å². The van der Waals surface area contributed by atoms with Gasteiger partial charge in [-0.2, -0.15) is 0 Å². The largest absolute Gasteiger partial charge is 0.457 e. The molecule has 1 aliphatic rings. The van der Waals surface area contributed by atoms with E-state index in [2.05, 4.69) is 17.4 Å². The van der Waals surface area contributed by atoms with Crippen molar-refractivity contribution in [2.24, 2.45) is 5.73 Å². The number of hydrogen-bond acceptors (Lipinski definition) is 4. The Bertz CT molecular complexity index is 1080. The maximum absolute atomic E-state index is 13.0. The van der Waals surface area contributed by atoms with Crippen LogP contribution < -0.4 is 15.8 Å². The van der Waals surface area contributed by atoms with Gasteiger partial charge in [0, 0.05) is 19.5 Å². The molecule has 1 unspecified atom stereocenters. The smallest absolute Gasteiger partial charge is 0.240 e. The molecule has 0 fully saturated rings. The van der Waals surface area contributed by atoms with Crippen LogP contribution in [0.25, 0.3) is 0 Å². The van der Waals surface area contributed by atoms with Gasteiger partial charge in [0.05, 0.1) is 6.54 Å². The first-order valence-electron chi connectivity index (χ1n) is 10.4. The van der Waals surface area contributed by atoms with Gasteiger partial charge >= 0.3 is 0 Å². The second-order valence-corrected chi connectivity index (χ2v) is 7.84. The van der Waals surface area contributed by atoms with Gasteiger partial charge in [-0.1, -0.05) is 36.4 Å². The molecule has 1 heterocycles. The molecule has 0 saturated heterocycles.